The monoisotopic (exact) mass is 243 g/mol. The van der Waals surface area contributed by atoms with E-state index < -0.39 is 0 Å². The van der Waals surface area contributed by atoms with Gasteiger partial charge in [-0.3, -0.25) is 0 Å². The van der Waals surface area contributed by atoms with Crippen molar-refractivity contribution in [3.05, 3.63) is 23.8 Å². The van der Waals surface area contributed by atoms with Crippen molar-refractivity contribution in [3.63, 3.8) is 0 Å². The van der Waals surface area contributed by atoms with Crippen LogP contribution in [-0.4, -0.2) is 6.04 Å². The molecule has 0 heterocycles. The maximum absolute atomic E-state index is 8.92. The number of benzene rings is 1. The number of nitrogens with zero attached hydrogens (tertiary/aromatic N) is 1. The summed E-state index contributed by atoms with van der Waals surface area (Å²) in [4.78, 5) is 0. The minimum Gasteiger partial charge on any atom is -0.397 e. The number of hydrogen-bond donors (Lipinski definition) is 2. The smallest absolute Gasteiger partial charge is 0.0992 e. The average molecular weight is 243 g/mol. The highest BCUT2D eigenvalue weighted by Gasteiger charge is 2.21. The van der Waals surface area contributed by atoms with Crippen molar-refractivity contribution < 1.29 is 0 Å². The van der Waals surface area contributed by atoms with E-state index in [-0.39, 0.29) is 0 Å². The van der Waals surface area contributed by atoms with Crippen molar-refractivity contribution in [3.8, 4) is 6.07 Å². The van der Waals surface area contributed by atoms with E-state index in [9.17, 15) is 0 Å². The molecule has 2 atom stereocenters. The highest BCUT2D eigenvalue weighted by atomic mass is 14.9. The zero-order valence-electron chi connectivity index (χ0n) is 10.9. The molecule has 96 valence electrons. The third-order valence-electron chi connectivity index (χ3n) is 3.90. The van der Waals surface area contributed by atoms with E-state index in [0.29, 0.717) is 11.6 Å². The van der Waals surface area contributed by atoms with Crippen LogP contribution in [0, 0.1) is 17.2 Å². The second-order valence-electron chi connectivity index (χ2n) is 5.20. The summed E-state index contributed by atoms with van der Waals surface area (Å²) in [6.07, 6.45) is 6.31. The van der Waals surface area contributed by atoms with Gasteiger partial charge in [-0.15, -0.1) is 0 Å². The molecule has 3 heteroatoms. The molecule has 3 N–H and O–H groups in total. The molecule has 1 aromatic rings. The van der Waals surface area contributed by atoms with Gasteiger partial charge in [-0.2, -0.15) is 5.26 Å². The van der Waals surface area contributed by atoms with Gasteiger partial charge in [-0.05, 0) is 37.0 Å². The summed E-state index contributed by atoms with van der Waals surface area (Å²) in [5, 5.41) is 12.4. The maximum atomic E-state index is 8.92. The van der Waals surface area contributed by atoms with Crippen LogP contribution in [0.5, 0.6) is 0 Å². The highest BCUT2D eigenvalue weighted by Crippen LogP contribution is 2.30. The maximum Gasteiger partial charge on any atom is 0.0992 e. The van der Waals surface area contributed by atoms with Gasteiger partial charge in [0.1, 0.15) is 0 Å². The first-order chi connectivity index (χ1) is 8.72. The summed E-state index contributed by atoms with van der Waals surface area (Å²) in [6, 6.07) is 8.07. The van der Waals surface area contributed by atoms with Crippen LogP contribution < -0.4 is 11.1 Å². The van der Waals surface area contributed by atoms with Crippen LogP contribution in [0.2, 0.25) is 0 Å². The van der Waals surface area contributed by atoms with E-state index in [1.54, 1.807) is 12.1 Å². The van der Waals surface area contributed by atoms with Crippen molar-refractivity contribution >= 4 is 11.4 Å². The Morgan fingerprint density at radius 1 is 1.44 bits per heavy atom. The topological polar surface area (TPSA) is 61.8 Å². The van der Waals surface area contributed by atoms with Gasteiger partial charge in [0.25, 0.3) is 0 Å². The van der Waals surface area contributed by atoms with Crippen LogP contribution in [-0.2, 0) is 0 Å². The predicted molar refractivity (Wildman–Crippen MR) is 75.2 cm³/mol. The van der Waals surface area contributed by atoms with Crippen molar-refractivity contribution in [2.75, 3.05) is 11.1 Å². The molecule has 1 fully saturated rings. The molecule has 0 spiro atoms. The summed E-state index contributed by atoms with van der Waals surface area (Å²) in [6.45, 7) is 2.26. The van der Waals surface area contributed by atoms with Gasteiger partial charge in [-0.25, -0.2) is 0 Å². The van der Waals surface area contributed by atoms with E-state index in [4.69, 9.17) is 11.0 Å². The summed E-state index contributed by atoms with van der Waals surface area (Å²) in [5.74, 6) is 0.830. The lowest BCUT2D eigenvalue weighted by Gasteiger charge is -2.30. The lowest BCUT2D eigenvalue weighted by molar-refractivity contribution is 0.327. The van der Waals surface area contributed by atoms with Crippen LogP contribution in [0.1, 0.15) is 44.6 Å². The minimum absolute atomic E-state index is 0.500. The predicted octanol–water partition coefficient (Wildman–Crippen LogP) is 3.52. The number of nitrogen functional groups attached to an aromatic ring is 1. The van der Waals surface area contributed by atoms with Crippen LogP contribution >= 0.6 is 0 Å². The SMILES string of the molecule is CCC1CCCC(Nc2cc(C#N)ccc2N)C1. The van der Waals surface area contributed by atoms with Gasteiger partial charge < -0.3 is 11.1 Å². The summed E-state index contributed by atoms with van der Waals surface area (Å²) >= 11 is 0. The summed E-state index contributed by atoms with van der Waals surface area (Å²) < 4.78 is 0. The zero-order valence-corrected chi connectivity index (χ0v) is 10.9. The Bertz CT molecular complexity index is 448. The van der Waals surface area contributed by atoms with Crippen molar-refractivity contribution in [2.45, 2.75) is 45.1 Å². The van der Waals surface area contributed by atoms with Gasteiger partial charge in [0.2, 0.25) is 0 Å². The molecule has 0 aromatic heterocycles. The molecule has 18 heavy (non-hydrogen) atoms. The zero-order chi connectivity index (χ0) is 13.0. The number of hydrogen-bond acceptors (Lipinski definition) is 3. The number of nitrogens with one attached hydrogen (secondary N) is 1. The van der Waals surface area contributed by atoms with E-state index in [1.165, 1.54) is 32.1 Å². The Balaban J connectivity index is 2.07. The Labute approximate surface area is 109 Å². The Morgan fingerprint density at radius 3 is 3.00 bits per heavy atom. The first-order valence-electron chi connectivity index (χ1n) is 6.79. The Hall–Kier alpha value is -1.69. The van der Waals surface area contributed by atoms with Crippen LogP contribution in [0.3, 0.4) is 0 Å². The molecule has 2 unspecified atom stereocenters. The van der Waals surface area contributed by atoms with Crippen LogP contribution in [0.4, 0.5) is 11.4 Å². The fraction of sp³-hybridized carbons (Fsp3) is 0.533. The standard InChI is InChI=1S/C15H21N3/c1-2-11-4-3-5-13(8-11)18-15-9-12(10-16)6-7-14(15)17/h6-7,9,11,13,18H,2-5,8,17H2,1H3. The molecule has 3 nitrogen and oxygen atoms in total. The van der Waals surface area contributed by atoms with E-state index in [0.717, 1.165) is 17.3 Å². The molecule has 1 saturated carbocycles. The third-order valence-corrected chi connectivity index (χ3v) is 3.90. The van der Waals surface area contributed by atoms with E-state index in [2.05, 4.69) is 18.3 Å². The van der Waals surface area contributed by atoms with Crippen molar-refractivity contribution in [1.82, 2.24) is 0 Å². The summed E-state index contributed by atoms with van der Waals surface area (Å²) in [7, 11) is 0. The Morgan fingerprint density at radius 2 is 2.28 bits per heavy atom. The number of nitrogens with two attached hydrogens (primary N) is 1. The largest absolute Gasteiger partial charge is 0.397 e. The lowest BCUT2D eigenvalue weighted by Crippen LogP contribution is -2.27. The van der Waals surface area contributed by atoms with Gasteiger partial charge in [-0.1, -0.05) is 26.2 Å². The molecule has 2 rings (SSSR count). The third kappa shape index (κ3) is 2.95. The Kier molecular flexibility index (Phi) is 4.09. The van der Waals surface area contributed by atoms with Gasteiger partial charge in [0.15, 0.2) is 0 Å². The molecular formula is C15H21N3. The number of nitriles is 1. The molecule has 1 aliphatic carbocycles. The quantitative estimate of drug-likeness (QED) is 0.798. The number of anilines is 2. The first-order valence-corrected chi connectivity index (χ1v) is 6.79. The minimum atomic E-state index is 0.500. The normalized spacial score (nSPS) is 23.3. The second kappa shape index (κ2) is 5.77. The van der Waals surface area contributed by atoms with Gasteiger partial charge in [0, 0.05) is 6.04 Å². The van der Waals surface area contributed by atoms with E-state index in [1.807, 2.05) is 6.07 Å². The van der Waals surface area contributed by atoms with Crippen molar-refractivity contribution in [1.29, 1.82) is 5.26 Å². The molecule has 0 amide bonds. The van der Waals surface area contributed by atoms with Gasteiger partial charge >= 0.3 is 0 Å². The molecule has 0 saturated heterocycles. The van der Waals surface area contributed by atoms with Crippen molar-refractivity contribution in [2.24, 2.45) is 5.92 Å². The lowest BCUT2D eigenvalue weighted by atomic mass is 9.84. The fourth-order valence-electron chi connectivity index (χ4n) is 2.76. The van der Waals surface area contributed by atoms with Crippen LogP contribution in [0.15, 0.2) is 18.2 Å². The fourth-order valence-corrected chi connectivity index (χ4v) is 2.76. The average Bonchev–Trinajstić information content (AvgIpc) is 2.41. The molecule has 0 bridgehead atoms. The first kappa shape index (κ1) is 12.8. The molecule has 1 aromatic carbocycles. The number of rotatable bonds is 3. The summed E-state index contributed by atoms with van der Waals surface area (Å²) in [5.41, 5.74) is 8.26. The molecule has 0 radical (unpaired) electrons. The highest BCUT2D eigenvalue weighted by molar-refractivity contribution is 5.68. The van der Waals surface area contributed by atoms with Crippen LogP contribution in [0.25, 0.3) is 0 Å². The second-order valence-corrected chi connectivity index (χ2v) is 5.20. The molecular weight excluding hydrogens is 222 g/mol. The molecule has 0 aliphatic heterocycles. The van der Waals surface area contributed by atoms with E-state index >= 15 is 0 Å². The molecule has 1 aliphatic rings. The van der Waals surface area contributed by atoms with Gasteiger partial charge in [0.05, 0.1) is 23.0 Å².